The van der Waals surface area contributed by atoms with Gasteiger partial charge >= 0.3 is 11.8 Å². The lowest BCUT2D eigenvalue weighted by Crippen LogP contribution is -2.42. The zero-order valence-corrected chi connectivity index (χ0v) is 15.5. The van der Waals surface area contributed by atoms with Crippen LogP contribution in [0, 0.1) is 6.92 Å². The van der Waals surface area contributed by atoms with E-state index in [4.69, 9.17) is 4.42 Å². The molecule has 0 aliphatic carbocycles. The highest BCUT2D eigenvalue weighted by Gasteiger charge is 2.20. The van der Waals surface area contributed by atoms with Crippen molar-refractivity contribution in [2.75, 3.05) is 0 Å². The van der Waals surface area contributed by atoms with Crippen molar-refractivity contribution in [3.8, 4) is 17.1 Å². The third-order valence-corrected chi connectivity index (χ3v) is 4.20. The summed E-state index contributed by atoms with van der Waals surface area (Å²) in [6, 6.07) is 20.4. The molecule has 0 saturated heterocycles. The van der Waals surface area contributed by atoms with Crippen molar-refractivity contribution >= 4 is 11.8 Å². The van der Waals surface area contributed by atoms with Gasteiger partial charge in [0.05, 0.1) is 12.0 Å². The molecule has 29 heavy (non-hydrogen) atoms. The van der Waals surface area contributed by atoms with E-state index in [1.807, 2.05) is 60.7 Å². The first kappa shape index (κ1) is 18.2. The Hall–Kier alpha value is -4.20. The van der Waals surface area contributed by atoms with Crippen molar-refractivity contribution in [1.29, 1.82) is 0 Å². The summed E-state index contributed by atoms with van der Waals surface area (Å²) >= 11 is 0. The fourth-order valence-corrected chi connectivity index (χ4v) is 2.76. The maximum absolute atomic E-state index is 12.5. The van der Waals surface area contributed by atoms with Crippen molar-refractivity contribution in [3.63, 3.8) is 0 Å². The highest BCUT2D eigenvalue weighted by atomic mass is 16.3. The van der Waals surface area contributed by atoms with Crippen LogP contribution < -0.4 is 10.9 Å². The van der Waals surface area contributed by atoms with Crippen molar-refractivity contribution in [2.24, 2.45) is 0 Å². The Morgan fingerprint density at radius 3 is 2.21 bits per heavy atom. The maximum atomic E-state index is 12.5. The average Bonchev–Trinajstić information content (AvgIpc) is 3.40. The molecule has 0 aliphatic rings. The molecule has 4 rings (SSSR count). The second-order valence-corrected chi connectivity index (χ2v) is 6.21. The molecular formula is C21H17N5O3. The van der Waals surface area contributed by atoms with E-state index < -0.39 is 11.8 Å². The second kappa shape index (κ2) is 7.81. The Kier molecular flexibility index (Phi) is 4.90. The number of aryl methyl sites for hydroxylation is 1. The Morgan fingerprint density at radius 2 is 1.55 bits per heavy atom. The molecule has 4 aromatic rings. The molecule has 2 heterocycles. The Bertz CT molecular complexity index is 1090. The van der Waals surface area contributed by atoms with Crippen LogP contribution in [0.15, 0.2) is 77.4 Å². The number of nitrogens with one attached hydrogen (secondary N) is 2. The van der Waals surface area contributed by atoms with E-state index in [0.717, 1.165) is 11.3 Å². The SMILES string of the molecule is Cc1ccoc1C(=O)NNC(=O)c1nc(-c2ccccc2)n(-c2ccccc2)n1. The summed E-state index contributed by atoms with van der Waals surface area (Å²) in [5.74, 6) is -0.654. The number of rotatable bonds is 4. The van der Waals surface area contributed by atoms with Gasteiger partial charge in [0.25, 0.3) is 0 Å². The fourth-order valence-electron chi connectivity index (χ4n) is 2.76. The van der Waals surface area contributed by atoms with E-state index in [1.54, 1.807) is 17.7 Å². The first-order valence-corrected chi connectivity index (χ1v) is 8.86. The van der Waals surface area contributed by atoms with Gasteiger partial charge in [0.2, 0.25) is 5.82 Å². The Morgan fingerprint density at radius 1 is 0.897 bits per heavy atom. The molecule has 0 radical (unpaired) electrons. The molecule has 0 fully saturated rings. The Balaban J connectivity index is 1.61. The quantitative estimate of drug-likeness (QED) is 0.524. The minimum atomic E-state index is -0.644. The smallest absolute Gasteiger partial charge is 0.309 e. The number of aromatic nitrogens is 3. The fraction of sp³-hybridized carbons (Fsp3) is 0.0476. The number of hydrogen-bond acceptors (Lipinski definition) is 5. The van der Waals surface area contributed by atoms with Crippen LogP contribution >= 0.6 is 0 Å². The molecule has 2 amide bonds. The van der Waals surface area contributed by atoms with Crippen molar-refractivity contribution in [2.45, 2.75) is 6.92 Å². The summed E-state index contributed by atoms with van der Waals surface area (Å²) in [6.45, 7) is 1.73. The molecule has 8 heteroatoms. The van der Waals surface area contributed by atoms with Gasteiger partial charge in [0.1, 0.15) is 0 Å². The topological polar surface area (TPSA) is 102 Å². The predicted molar refractivity (Wildman–Crippen MR) is 105 cm³/mol. The minimum absolute atomic E-state index is 0.0795. The molecule has 8 nitrogen and oxygen atoms in total. The van der Waals surface area contributed by atoms with Crippen LogP contribution in [0.25, 0.3) is 17.1 Å². The molecule has 0 unspecified atom stereocenters. The normalized spacial score (nSPS) is 10.5. The van der Waals surface area contributed by atoms with Gasteiger partial charge in [-0.3, -0.25) is 20.4 Å². The Labute approximate surface area is 166 Å². The molecule has 0 spiro atoms. The molecule has 0 aliphatic heterocycles. The van der Waals surface area contributed by atoms with Crippen molar-refractivity contribution in [1.82, 2.24) is 25.6 Å². The zero-order valence-electron chi connectivity index (χ0n) is 15.5. The van der Waals surface area contributed by atoms with E-state index in [2.05, 4.69) is 20.9 Å². The molecule has 0 bridgehead atoms. The minimum Gasteiger partial charge on any atom is -0.459 e. The number of carbonyl (C=O) groups is 2. The summed E-state index contributed by atoms with van der Waals surface area (Å²) in [5, 5.41) is 4.33. The lowest BCUT2D eigenvalue weighted by atomic mass is 10.2. The summed E-state index contributed by atoms with van der Waals surface area (Å²) < 4.78 is 6.69. The van der Waals surface area contributed by atoms with Crippen LogP contribution in [0.1, 0.15) is 26.7 Å². The van der Waals surface area contributed by atoms with Gasteiger partial charge < -0.3 is 4.42 Å². The van der Waals surface area contributed by atoms with Crippen LogP contribution in [0.2, 0.25) is 0 Å². The number of nitrogens with zero attached hydrogens (tertiary/aromatic N) is 3. The van der Waals surface area contributed by atoms with E-state index in [-0.39, 0.29) is 11.6 Å². The number of benzene rings is 2. The van der Waals surface area contributed by atoms with Gasteiger partial charge in [0.15, 0.2) is 11.6 Å². The predicted octanol–water partition coefficient (Wildman–Crippen LogP) is 2.91. The summed E-state index contributed by atoms with van der Waals surface area (Å²) in [4.78, 5) is 29.0. The van der Waals surface area contributed by atoms with Gasteiger partial charge in [-0.25, -0.2) is 9.67 Å². The van der Waals surface area contributed by atoms with Gasteiger partial charge in [-0.2, -0.15) is 0 Å². The van der Waals surface area contributed by atoms with E-state index in [9.17, 15) is 9.59 Å². The molecule has 2 aromatic carbocycles. The van der Waals surface area contributed by atoms with E-state index in [1.165, 1.54) is 6.26 Å². The van der Waals surface area contributed by atoms with E-state index in [0.29, 0.717) is 11.4 Å². The van der Waals surface area contributed by atoms with Crippen LogP contribution in [0.4, 0.5) is 0 Å². The number of para-hydroxylation sites is 1. The lowest BCUT2D eigenvalue weighted by Gasteiger charge is -2.05. The van der Waals surface area contributed by atoms with Crippen LogP contribution in [-0.4, -0.2) is 26.6 Å². The highest BCUT2D eigenvalue weighted by molar-refractivity contribution is 5.97. The molecular weight excluding hydrogens is 370 g/mol. The first-order chi connectivity index (χ1) is 14.1. The summed E-state index contributed by atoms with van der Waals surface area (Å²) in [7, 11) is 0. The van der Waals surface area contributed by atoms with Crippen LogP contribution in [0.3, 0.4) is 0 Å². The number of carbonyl (C=O) groups excluding carboxylic acids is 2. The van der Waals surface area contributed by atoms with E-state index >= 15 is 0 Å². The first-order valence-electron chi connectivity index (χ1n) is 8.86. The standard InChI is InChI=1S/C21H17N5O3/c1-14-12-13-29-17(14)20(27)23-24-21(28)18-22-19(15-8-4-2-5-9-15)26(25-18)16-10-6-3-7-11-16/h2-13H,1H3,(H,23,27)(H,24,28). The van der Waals surface area contributed by atoms with Crippen LogP contribution in [0.5, 0.6) is 0 Å². The molecule has 0 saturated carbocycles. The highest BCUT2D eigenvalue weighted by Crippen LogP contribution is 2.20. The summed E-state index contributed by atoms with van der Waals surface area (Å²) in [5.41, 5.74) is 6.85. The van der Waals surface area contributed by atoms with Crippen molar-refractivity contribution < 1.29 is 14.0 Å². The monoisotopic (exact) mass is 387 g/mol. The molecule has 2 N–H and O–H groups in total. The molecule has 2 aromatic heterocycles. The second-order valence-electron chi connectivity index (χ2n) is 6.21. The third kappa shape index (κ3) is 3.77. The average molecular weight is 387 g/mol. The largest absolute Gasteiger partial charge is 0.459 e. The summed E-state index contributed by atoms with van der Waals surface area (Å²) in [6.07, 6.45) is 1.40. The third-order valence-electron chi connectivity index (χ3n) is 4.20. The number of hydrazine groups is 1. The van der Waals surface area contributed by atoms with Crippen LogP contribution in [-0.2, 0) is 0 Å². The number of furan rings is 1. The van der Waals surface area contributed by atoms with Gasteiger partial charge in [0, 0.05) is 11.1 Å². The molecule has 144 valence electrons. The zero-order chi connectivity index (χ0) is 20.2. The molecule has 0 atom stereocenters. The lowest BCUT2D eigenvalue weighted by molar-refractivity contribution is 0.0825. The van der Waals surface area contributed by atoms with Gasteiger partial charge in [-0.15, -0.1) is 5.10 Å². The number of hydrogen-bond donors (Lipinski definition) is 2. The maximum Gasteiger partial charge on any atom is 0.309 e. The van der Waals surface area contributed by atoms with Gasteiger partial charge in [-0.05, 0) is 25.1 Å². The van der Waals surface area contributed by atoms with Crippen molar-refractivity contribution in [3.05, 3.63) is 90.1 Å². The number of amides is 2. The van der Waals surface area contributed by atoms with Gasteiger partial charge in [-0.1, -0.05) is 48.5 Å².